The highest BCUT2D eigenvalue weighted by Gasteiger charge is 2.21. The number of hydrogen-bond donors (Lipinski definition) is 1. The second kappa shape index (κ2) is 7.31. The van der Waals surface area contributed by atoms with Crippen molar-refractivity contribution in [2.24, 2.45) is 0 Å². The molecule has 134 valence electrons. The summed E-state index contributed by atoms with van der Waals surface area (Å²) in [7, 11) is 0. The zero-order chi connectivity index (χ0) is 18.0. The van der Waals surface area contributed by atoms with Gasteiger partial charge < -0.3 is 10.2 Å². The van der Waals surface area contributed by atoms with Crippen molar-refractivity contribution < 1.29 is 4.79 Å². The zero-order valence-corrected chi connectivity index (χ0v) is 15.5. The lowest BCUT2D eigenvalue weighted by Crippen LogP contribution is -2.35. The van der Waals surface area contributed by atoms with Crippen LogP contribution in [0.4, 0.5) is 0 Å². The number of carbonyl (C=O) groups is 1. The fraction of sp³-hybridized carbons (Fsp3) is 0.556. The molecule has 1 amide bonds. The lowest BCUT2D eigenvalue weighted by molar-refractivity contribution is -0.130. The Balaban J connectivity index is 1.85. The summed E-state index contributed by atoms with van der Waals surface area (Å²) < 4.78 is 1.75. The molecule has 1 saturated heterocycles. The number of aryl methyl sites for hydroxylation is 3. The number of amides is 1. The summed E-state index contributed by atoms with van der Waals surface area (Å²) >= 11 is 0. The molecule has 3 rings (SSSR count). The first-order valence-corrected chi connectivity index (χ1v) is 8.82. The van der Waals surface area contributed by atoms with Crippen LogP contribution < -0.4 is 5.32 Å². The molecule has 7 nitrogen and oxygen atoms in total. The Morgan fingerprint density at radius 2 is 1.84 bits per heavy atom. The Morgan fingerprint density at radius 3 is 2.56 bits per heavy atom. The maximum absolute atomic E-state index is 12.7. The van der Waals surface area contributed by atoms with Gasteiger partial charge in [-0.15, -0.1) is 0 Å². The maximum atomic E-state index is 12.7. The van der Waals surface area contributed by atoms with Crippen molar-refractivity contribution in [1.82, 2.24) is 30.0 Å². The van der Waals surface area contributed by atoms with Crippen LogP contribution in [0, 0.1) is 27.7 Å². The predicted molar refractivity (Wildman–Crippen MR) is 95.9 cm³/mol. The molecule has 25 heavy (non-hydrogen) atoms. The number of carbonyl (C=O) groups excluding carboxylic acids is 1. The van der Waals surface area contributed by atoms with E-state index in [9.17, 15) is 4.79 Å². The van der Waals surface area contributed by atoms with Gasteiger partial charge in [0, 0.05) is 42.3 Å². The smallest absolute Gasteiger partial charge is 0.251 e. The van der Waals surface area contributed by atoms with Gasteiger partial charge in [-0.05, 0) is 46.7 Å². The number of nitrogens with one attached hydrogen (secondary N) is 1. The van der Waals surface area contributed by atoms with E-state index in [-0.39, 0.29) is 5.91 Å². The summed E-state index contributed by atoms with van der Waals surface area (Å²) in [5.74, 6) is 0.728. The molecule has 1 aliphatic heterocycles. The molecule has 0 radical (unpaired) electrons. The average Bonchev–Trinajstić information content (AvgIpc) is 2.76. The largest absolute Gasteiger partial charge is 0.341 e. The third-order valence-corrected chi connectivity index (χ3v) is 4.62. The van der Waals surface area contributed by atoms with Crippen molar-refractivity contribution in [1.29, 1.82) is 0 Å². The van der Waals surface area contributed by atoms with Crippen molar-refractivity contribution in [3.8, 4) is 5.95 Å². The standard InChI is InChI=1S/C18H26N6O/c1-12-10-13(2)21-18(20-12)24-15(4)16(14(3)22-24)11-17(25)23-8-5-6-19-7-9-23/h10,19H,5-9,11H2,1-4H3. The topological polar surface area (TPSA) is 75.9 Å². The molecule has 2 aromatic heterocycles. The molecule has 1 aliphatic rings. The van der Waals surface area contributed by atoms with Gasteiger partial charge in [-0.3, -0.25) is 4.79 Å². The van der Waals surface area contributed by atoms with Crippen LogP contribution in [0.2, 0.25) is 0 Å². The van der Waals surface area contributed by atoms with Gasteiger partial charge >= 0.3 is 0 Å². The normalized spacial score (nSPS) is 15.3. The van der Waals surface area contributed by atoms with Crippen molar-refractivity contribution in [2.45, 2.75) is 40.5 Å². The molecule has 0 unspecified atom stereocenters. The van der Waals surface area contributed by atoms with Crippen LogP contribution in [0.25, 0.3) is 5.95 Å². The second-order valence-electron chi connectivity index (χ2n) is 6.67. The minimum atomic E-state index is 0.163. The predicted octanol–water partition coefficient (Wildman–Crippen LogP) is 1.26. The molecule has 7 heteroatoms. The summed E-state index contributed by atoms with van der Waals surface area (Å²) in [5, 5.41) is 7.92. The summed E-state index contributed by atoms with van der Waals surface area (Å²) in [4.78, 5) is 23.6. The van der Waals surface area contributed by atoms with Crippen LogP contribution >= 0.6 is 0 Å². The molecule has 2 aromatic rings. The third kappa shape index (κ3) is 3.87. The molecule has 0 bridgehead atoms. The van der Waals surface area contributed by atoms with Crippen molar-refractivity contribution in [2.75, 3.05) is 26.2 Å². The Hall–Kier alpha value is -2.28. The second-order valence-corrected chi connectivity index (χ2v) is 6.67. The van der Waals surface area contributed by atoms with E-state index in [0.717, 1.165) is 60.9 Å². The van der Waals surface area contributed by atoms with Gasteiger partial charge in [0.05, 0.1) is 12.1 Å². The zero-order valence-electron chi connectivity index (χ0n) is 15.5. The summed E-state index contributed by atoms with van der Waals surface area (Å²) in [5.41, 5.74) is 4.59. The van der Waals surface area contributed by atoms with Crippen LogP contribution in [0.15, 0.2) is 6.07 Å². The molecule has 0 atom stereocenters. The number of aromatic nitrogens is 4. The van der Waals surface area contributed by atoms with E-state index in [1.165, 1.54) is 0 Å². The quantitative estimate of drug-likeness (QED) is 0.909. The van der Waals surface area contributed by atoms with Gasteiger partial charge in [-0.1, -0.05) is 0 Å². The molecule has 0 aliphatic carbocycles. The van der Waals surface area contributed by atoms with E-state index in [1.54, 1.807) is 4.68 Å². The SMILES string of the molecule is Cc1cc(C)nc(-n2nc(C)c(CC(=O)N3CCCNCC3)c2C)n1. The average molecular weight is 342 g/mol. The minimum Gasteiger partial charge on any atom is -0.341 e. The van der Waals surface area contributed by atoms with Gasteiger partial charge in [-0.2, -0.15) is 5.10 Å². The molecule has 0 spiro atoms. The Labute approximate surface area is 148 Å². The van der Waals surface area contributed by atoms with E-state index in [0.29, 0.717) is 12.4 Å². The van der Waals surface area contributed by atoms with Gasteiger partial charge in [0.1, 0.15) is 0 Å². The van der Waals surface area contributed by atoms with E-state index in [2.05, 4.69) is 20.4 Å². The molecule has 0 saturated carbocycles. The first kappa shape index (κ1) is 17.5. The molecule has 1 N–H and O–H groups in total. The molecule has 3 heterocycles. The number of rotatable bonds is 3. The van der Waals surface area contributed by atoms with Gasteiger partial charge in [0.15, 0.2) is 0 Å². The third-order valence-electron chi connectivity index (χ3n) is 4.62. The maximum Gasteiger partial charge on any atom is 0.251 e. The van der Waals surface area contributed by atoms with Crippen LogP contribution in [-0.2, 0) is 11.2 Å². The minimum absolute atomic E-state index is 0.163. The summed E-state index contributed by atoms with van der Waals surface area (Å²) in [6.45, 7) is 11.2. The highest BCUT2D eigenvalue weighted by molar-refractivity contribution is 5.79. The van der Waals surface area contributed by atoms with Gasteiger partial charge in [0.2, 0.25) is 5.91 Å². The van der Waals surface area contributed by atoms with Crippen LogP contribution in [-0.4, -0.2) is 56.7 Å². The van der Waals surface area contributed by atoms with Crippen molar-refractivity contribution in [3.05, 3.63) is 34.4 Å². The molecular weight excluding hydrogens is 316 g/mol. The number of hydrogen-bond acceptors (Lipinski definition) is 5. The lowest BCUT2D eigenvalue weighted by atomic mass is 10.1. The van der Waals surface area contributed by atoms with E-state index in [1.807, 2.05) is 38.7 Å². The Morgan fingerprint density at radius 1 is 1.12 bits per heavy atom. The lowest BCUT2D eigenvalue weighted by Gasteiger charge is -2.20. The highest BCUT2D eigenvalue weighted by atomic mass is 16.2. The Bertz CT molecular complexity index is 754. The first-order valence-electron chi connectivity index (χ1n) is 8.82. The van der Waals surface area contributed by atoms with Crippen LogP contribution in [0.3, 0.4) is 0 Å². The van der Waals surface area contributed by atoms with Crippen molar-refractivity contribution >= 4 is 5.91 Å². The summed E-state index contributed by atoms with van der Waals surface area (Å²) in [6.07, 6.45) is 1.38. The number of nitrogens with zero attached hydrogens (tertiary/aromatic N) is 5. The van der Waals surface area contributed by atoms with Crippen LogP contribution in [0.5, 0.6) is 0 Å². The Kier molecular flexibility index (Phi) is 5.13. The van der Waals surface area contributed by atoms with Crippen molar-refractivity contribution in [3.63, 3.8) is 0 Å². The van der Waals surface area contributed by atoms with E-state index < -0.39 is 0 Å². The van der Waals surface area contributed by atoms with Gasteiger partial charge in [0.25, 0.3) is 5.95 Å². The fourth-order valence-corrected chi connectivity index (χ4v) is 3.29. The molecular formula is C18H26N6O. The molecule has 1 fully saturated rings. The fourth-order valence-electron chi connectivity index (χ4n) is 3.29. The van der Waals surface area contributed by atoms with E-state index in [4.69, 9.17) is 0 Å². The molecule has 0 aromatic carbocycles. The highest BCUT2D eigenvalue weighted by Crippen LogP contribution is 2.18. The first-order chi connectivity index (χ1) is 12.0. The van der Waals surface area contributed by atoms with E-state index >= 15 is 0 Å². The monoisotopic (exact) mass is 342 g/mol. The van der Waals surface area contributed by atoms with Gasteiger partial charge in [-0.25, -0.2) is 14.6 Å². The summed E-state index contributed by atoms with van der Waals surface area (Å²) in [6, 6.07) is 1.94. The van der Waals surface area contributed by atoms with Crippen LogP contribution in [0.1, 0.15) is 34.8 Å².